The lowest BCUT2D eigenvalue weighted by atomic mass is 9.74. The maximum atomic E-state index is 14.5. The number of hydrogen-bond acceptors (Lipinski definition) is 17. The van der Waals surface area contributed by atoms with Gasteiger partial charge >= 0.3 is 11.9 Å². The molecule has 2 N–H and O–H groups in total. The summed E-state index contributed by atoms with van der Waals surface area (Å²) in [5, 5.41) is 23.5. The number of likely N-dealkylation sites (N-methyl/N-ethyl adjacent to an activating group) is 1. The molecule has 17 nitrogen and oxygen atoms in total. The van der Waals surface area contributed by atoms with Gasteiger partial charge in [-0.2, -0.15) is 0 Å². The lowest BCUT2D eigenvalue weighted by Crippen LogP contribution is -2.62. The van der Waals surface area contributed by atoms with Crippen molar-refractivity contribution in [1.82, 2.24) is 9.80 Å². The zero-order chi connectivity index (χ0) is 47.9. The van der Waals surface area contributed by atoms with E-state index in [2.05, 4.69) is 9.80 Å². The molecule has 4 aliphatic rings. The Morgan fingerprint density at radius 1 is 0.891 bits per heavy atom. The van der Waals surface area contributed by atoms with E-state index >= 15 is 0 Å². The molecule has 64 heavy (non-hydrogen) atoms. The number of carbonyl (C=O) groups excluding carboxylic acids is 3. The number of morpholine rings is 1. The Labute approximate surface area is 382 Å². The maximum absolute atomic E-state index is 14.5. The van der Waals surface area contributed by atoms with Gasteiger partial charge in [0, 0.05) is 77.6 Å². The molecule has 0 aromatic carbocycles. The van der Waals surface area contributed by atoms with Crippen molar-refractivity contribution in [2.75, 3.05) is 67.8 Å². The van der Waals surface area contributed by atoms with Crippen LogP contribution in [0.25, 0.3) is 0 Å². The highest BCUT2D eigenvalue weighted by Crippen LogP contribution is 2.42. The van der Waals surface area contributed by atoms with E-state index in [-0.39, 0.29) is 37.2 Å². The van der Waals surface area contributed by atoms with Crippen molar-refractivity contribution in [2.24, 2.45) is 23.7 Å². The lowest BCUT2D eigenvalue weighted by Gasteiger charge is -2.50. The molecular weight excluding hydrogens is 833 g/mol. The van der Waals surface area contributed by atoms with E-state index in [1.807, 2.05) is 41.8 Å². The number of cyclic esters (lactones) is 1. The van der Waals surface area contributed by atoms with Crippen LogP contribution in [0.4, 0.5) is 0 Å². The minimum atomic E-state index is -1.98. The normalized spacial score (nSPS) is 43.7. The van der Waals surface area contributed by atoms with Crippen molar-refractivity contribution in [3.63, 3.8) is 0 Å². The van der Waals surface area contributed by atoms with Gasteiger partial charge in [-0.25, -0.2) is 0 Å². The predicted molar refractivity (Wildman–Crippen MR) is 236 cm³/mol. The first-order chi connectivity index (χ1) is 29.9. The molecule has 0 spiro atoms. The third-order valence-electron chi connectivity index (χ3n) is 14.5. The molecule has 4 aliphatic heterocycles. The van der Waals surface area contributed by atoms with Gasteiger partial charge in [-0.15, -0.1) is 0 Å². The highest BCUT2D eigenvalue weighted by atomic mass is 16.7. The van der Waals surface area contributed by atoms with Crippen molar-refractivity contribution >= 4 is 17.7 Å². The fourth-order valence-electron chi connectivity index (χ4n) is 10.5. The van der Waals surface area contributed by atoms with Crippen LogP contribution in [0.15, 0.2) is 0 Å². The van der Waals surface area contributed by atoms with Gasteiger partial charge in [-0.1, -0.05) is 27.7 Å². The van der Waals surface area contributed by atoms with Gasteiger partial charge in [0.25, 0.3) is 0 Å². The minimum Gasteiger partial charge on any atom is -0.459 e. The second-order valence-corrected chi connectivity index (χ2v) is 19.9. The molecular formula is C47H84N2O15. The summed E-state index contributed by atoms with van der Waals surface area (Å²) in [6.45, 7) is 23.4. The summed E-state index contributed by atoms with van der Waals surface area (Å²) in [4.78, 5) is 45.5. The van der Waals surface area contributed by atoms with Gasteiger partial charge in [-0.3, -0.25) is 19.3 Å². The molecule has 17 heteroatoms. The standard InChI is InChI=1S/C47H84N2O15/c1-16-35-47(11,54)40(52)29(4)37(51)27(2)25-45(9,55-14)41(64-44-39(34(48(12)13)24-28(3)59-44)58-21-17-18-49-19-22-57-23-20-49)30(5)38(31(6)43(53)62-35)63-36-26-46(10,56-15)42(32(7)60-36)61-33(8)50/h27-32,34-36,38-42,44,52,54H,16-26H2,1-15H3/t27-,28-,29+,30+,31-,32+,34+,35-,36+,38+,39-,40-,41-,42+,44+,45+,46-,47-/m1/s1. The number of methoxy groups -OCH3 is 2. The Morgan fingerprint density at radius 3 is 2.09 bits per heavy atom. The van der Waals surface area contributed by atoms with Crippen LogP contribution in [0.3, 0.4) is 0 Å². The third-order valence-corrected chi connectivity index (χ3v) is 14.5. The first kappa shape index (κ1) is 54.7. The molecule has 0 aromatic heterocycles. The van der Waals surface area contributed by atoms with Crippen LogP contribution in [-0.4, -0.2) is 190 Å². The molecule has 0 amide bonds. The van der Waals surface area contributed by atoms with Crippen molar-refractivity contribution in [3.8, 4) is 0 Å². The third kappa shape index (κ3) is 13.0. The molecule has 4 heterocycles. The van der Waals surface area contributed by atoms with E-state index in [0.717, 1.165) is 26.1 Å². The molecule has 0 saturated carbocycles. The molecule has 4 rings (SSSR count). The van der Waals surface area contributed by atoms with Gasteiger partial charge in [0.1, 0.15) is 29.2 Å². The number of ether oxygens (including phenoxy) is 10. The van der Waals surface area contributed by atoms with E-state index in [1.165, 1.54) is 21.0 Å². The quantitative estimate of drug-likeness (QED) is 0.189. The fourth-order valence-corrected chi connectivity index (χ4v) is 10.5. The summed E-state index contributed by atoms with van der Waals surface area (Å²) in [5.41, 5.74) is -4.26. The van der Waals surface area contributed by atoms with Crippen molar-refractivity contribution in [2.45, 2.75) is 193 Å². The van der Waals surface area contributed by atoms with Crippen LogP contribution in [0.5, 0.6) is 0 Å². The smallest absolute Gasteiger partial charge is 0.311 e. The number of esters is 2. The van der Waals surface area contributed by atoms with Gasteiger partial charge in [0.2, 0.25) is 0 Å². The molecule has 0 radical (unpaired) electrons. The number of ketones is 1. The Kier molecular flexibility index (Phi) is 20.0. The van der Waals surface area contributed by atoms with Crippen molar-refractivity contribution in [3.05, 3.63) is 0 Å². The van der Waals surface area contributed by atoms with Crippen LogP contribution >= 0.6 is 0 Å². The number of aliphatic hydroxyl groups excluding tert-OH is 1. The van der Waals surface area contributed by atoms with E-state index in [9.17, 15) is 24.6 Å². The number of nitrogens with zero attached hydrogens (tertiary/aromatic N) is 2. The Balaban J connectivity index is 1.83. The van der Waals surface area contributed by atoms with Gasteiger partial charge in [0.05, 0.1) is 55.3 Å². The molecule has 0 aromatic rings. The topological polar surface area (TPSA) is 190 Å². The van der Waals surface area contributed by atoms with Crippen LogP contribution in [0.2, 0.25) is 0 Å². The van der Waals surface area contributed by atoms with E-state index in [1.54, 1.807) is 41.7 Å². The number of Topliss-reactive ketones (excluding diaryl/α,β-unsaturated/α-hetero) is 1. The molecule has 372 valence electrons. The van der Waals surface area contributed by atoms with Gasteiger partial charge in [-0.05, 0) is 81.3 Å². The lowest BCUT2D eigenvalue weighted by molar-refractivity contribution is -0.323. The number of carbonyl (C=O) groups is 3. The maximum Gasteiger partial charge on any atom is 0.311 e. The SMILES string of the molecule is CC[C@H]1OC(=O)[C@H](C)[C@@H](O[C@H]2C[C@@](C)(OC)[C@@H](OC(C)=O)[C@H](C)O2)[C@H](C)[C@@H](O[C@@H]2O[C@H](C)C[C@H](N(C)C)[C@H]2OCCCN2CCOCC2)[C@@](C)(OC)C[C@@H](C)C(=O)[C@H](C)[C@@H](O)[C@]1(C)O. The molecule has 0 bridgehead atoms. The molecule has 4 fully saturated rings. The highest BCUT2D eigenvalue weighted by molar-refractivity contribution is 5.83. The van der Waals surface area contributed by atoms with Crippen molar-refractivity contribution < 1.29 is 72.0 Å². The van der Waals surface area contributed by atoms with Crippen molar-refractivity contribution in [1.29, 1.82) is 0 Å². The summed E-state index contributed by atoms with van der Waals surface area (Å²) in [6, 6.07) is -0.0867. The molecule has 0 aliphatic carbocycles. The van der Waals surface area contributed by atoms with Gasteiger partial charge in [0.15, 0.2) is 18.7 Å². The summed E-state index contributed by atoms with van der Waals surface area (Å²) in [6.07, 6.45) is -6.87. The Bertz CT molecular complexity index is 1500. The highest BCUT2D eigenvalue weighted by Gasteiger charge is 2.55. The van der Waals surface area contributed by atoms with E-state index in [4.69, 9.17) is 47.4 Å². The van der Waals surface area contributed by atoms with Crippen LogP contribution < -0.4 is 0 Å². The Hall–Kier alpha value is -1.87. The zero-order valence-corrected chi connectivity index (χ0v) is 41.5. The largest absolute Gasteiger partial charge is 0.459 e. The average molecular weight is 917 g/mol. The summed E-state index contributed by atoms with van der Waals surface area (Å²) < 4.78 is 63.9. The molecule has 18 atom stereocenters. The monoisotopic (exact) mass is 917 g/mol. The predicted octanol–water partition coefficient (Wildman–Crippen LogP) is 3.76. The Morgan fingerprint density at radius 2 is 1.52 bits per heavy atom. The number of hydrogen-bond donors (Lipinski definition) is 2. The summed E-state index contributed by atoms with van der Waals surface area (Å²) in [7, 11) is 7.12. The second-order valence-electron chi connectivity index (χ2n) is 19.9. The van der Waals surface area contributed by atoms with Gasteiger partial charge < -0.3 is 62.5 Å². The zero-order valence-electron chi connectivity index (χ0n) is 41.5. The first-order valence-corrected chi connectivity index (χ1v) is 23.6. The van der Waals surface area contributed by atoms with Crippen LogP contribution in [-0.2, 0) is 61.8 Å². The average Bonchev–Trinajstić information content (AvgIpc) is 3.25. The molecule has 0 unspecified atom stereocenters. The summed E-state index contributed by atoms with van der Waals surface area (Å²) in [5.74, 6) is -4.93. The fraction of sp³-hybridized carbons (Fsp3) is 0.936. The van der Waals surface area contributed by atoms with E-state index < -0.39 is 108 Å². The molecule has 4 saturated heterocycles. The van der Waals surface area contributed by atoms with E-state index in [0.29, 0.717) is 26.2 Å². The number of rotatable bonds is 14. The minimum absolute atomic E-state index is 0.0867. The van der Waals surface area contributed by atoms with Crippen LogP contribution in [0.1, 0.15) is 108 Å². The second kappa shape index (κ2) is 23.4. The summed E-state index contributed by atoms with van der Waals surface area (Å²) >= 11 is 0. The first-order valence-electron chi connectivity index (χ1n) is 23.6. The number of aliphatic hydroxyl groups is 2. The van der Waals surface area contributed by atoms with Crippen LogP contribution in [0, 0.1) is 23.7 Å².